The summed E-state index contributed by atoms with van der Waals surface area (Å²) in [4.78, 5) is 0. The summed E-state index contributed by atoms with van der Waals surface area (Å²) in [6.45, 7) is 5.91. The van der Waals surface area contributed by atoms with Gasteiger partial charge in [0.05, 0.1) is 11.1 Å². The van der Waals surface area contributed by atoms with Crippen LogP contribution in [0.3, 0.4) is 0 Å². The lowest BCUT2D eigenvalue weighted by molar-refractivity contribution is 0.315. The van der Waals surface area contributed by atoms with Gasteiger partial charge >= 0.3 is 0 Å². The molecule has 0 fully saturated rings. The third kappa shape index (κ3) is 5.28. The minimum atomic E-state index is 0.731. The van der Waals surface area contributed by atoms with Gasteiger partial charge in [-0.3, -0.25) is 0 Å². The van der Waals surface area contributed by atoms with E-state index in [0.717, 1.165) is 46.3 Å². The molecule has 0 amide bonds. The Morgan fingerprint density at radius 3 is 2.63 bits per heavy atom. The van der Waals surface area contributed by atoms with Crippen LogP contribution in [-0.2, 0) is 0 Å². The lowest BCUT2D eigenvalue weighted by Gasteiger charge is -2.13. The zero-order valence-electron chi connectivity index (χ0n) is 11.7. The van der Waals surface area contributed by atoms with Crippen molar-refractivity contribution in [3.05, 3.63) is 32.2 Å². The van der Waals surface area contributed by atoms with Crippen molar-refractivity contribution in [2.45, 2.75) is 26.7 Å². The van der Waals surface area contributed by atoms with Crippen LogP contribution in [0.5, 0.6) is 5.75 Å². The van der Waals surface area contributed by atoms with Crippen molar-refractivity contribution in [1.82, 2.24) is 5.32 Å². The summed E-state index contributed by atoms with van der Waals surface area (Å²) in [5.41, 5.74) is 2.47. The topological polar surface area (TPSA) is 21.3 Å². The van der Waals surface area contributed by atoms with Crippen LogP contribution in [-0.4, -0.2) is 20.2 Å². The molecule has 0 aromatic heterocycles. The molecule has 0 aliphatic carbocycles. The third-order valence-corrected chi connectivity index (χ3v) is 3.75. The van der Waals surface area contributed by atoms with Gasteiger partial charge in [-0.1, -0.05) is 41.4 Å². The van der Waals surface area contributed by atoms with E-state index in [1.54, 1.807) is 0 Å². The molecular weight excluding hydrogens is 370 g/mol. The van der Waals surface area contributed by atoms with Gasteiger partial charge in [0.15, 0.2) is 0 Å². The zero-order valence-corrected chi connectivity index (χ0v) is 14.9. The minimum absolute atomic E-state index is 0.731. The lowest BCUT2D eigenvalue weighted by Crippen LogP contribution is -2.10. The predicted molar refractivity (Wildman–Crippen MR) is 89.8 cm³/mol. The van der Waals surface area contributed by atoms with Gasteiger partial charge in [-0.2, -0.15) is 0 Å². The predicted octanol–water partition coefficient (Wildman–Crippen LogP) is 5.01. The second-order valence-corrected chi connectivity index (χ2v) is 6.11. The summed E-state index contributed by atoms with van der Waals surface area (Å²) >= 11 is 7.11. The molecule has 1 N–H and O–H groups in total. The van der Waals surface area contributed by atoms with E-state index in [9.17, 15) is 0 Å². The largest absolute Gasteiger partial charge is 0.492 e. The summed E-state index contributed by atoms with van der Waals surface area (Å²) in [6.07, 6.45) is 4.23. The Balaban J connectivity index is 3.15. The number of likely N-dealkylation sites (N-methyl/N-ethyl adjacent to an activating group) is 1. The average molecular weight is 391 g/mol. The molecule has 0 bridgehead atoms. The van der Waals surface area contributed by atoms with E-state index >= 15 is 0 Å². The molecular formula is C15H21Br2NO. The van der Waals surface area contributed by atoms with E-state index in [-0.39, 0.29) is 0 Å². The van der Waals surface area contributed by atoms with Crippen LogP contribution in [0.25, 0.3) is 6.08 Å². The normalized spacial score (nSPS) is 11.7. The SMILES string of the molecule is CCCOc1c(Br)cc(Br)cc1C=C(CC)CNC. The van der Waals surface area contributed by atoms with Crippen molar-refractivity contribution in [3.63, 3.8) is 0 Å². The Morgan fingerprint density at radius 1 is 1.32 bits per heavy atom. The van der Waals surface area contributed by atoms with Gasteiger partial charge in [-0.15, -0.1) is 0 Å². The average Bonchev–Trinajstić information content (AvgIpc) is 2.37. The van der Waals surface area contributed by atoms with Crippen LogP contribution in [0.2, 0.25) is 0 Å². The van der Waals surface area contributed by atoms with Crippen LogP contribution >= 0.6 is 31.9 Å². The molecule has 0 spiro atoms. The number of benzene rings is 1. The molecule has 1 aromatic carbocycles. The molecule has 1 rings (SSSR count). The first-order valence-corrected chi connectivity index (χ1v) is 8.16. The third-order valence-electron chi connectivity index (χ3n) is 2.71. The number of hydrogen-bond acceptors (Lipinski definition) is 2. The molecule has 0 atom stereocenters. The Kier molecular flexibility index (Phi) is 7.73. The summed E-state index contributed by atoms with van der Waals surface area (Å²) in [5, 5.41) is 3.20. The van der Waals surface area contributed by atoms with Crippen molar-refractivity contribution >= 4 is 37.9 Å². The van der Waals surface area contributed by atoms with Gasteiger partial charge in [0.2, 0.25) is 0 Å². The van der Waals surface area contributed by atoms with E-state index < -0.39 is 0 Å². The Bertz CT molecular complexity index is 444. The number of rotatable bonds is 7. The van der Waals surface area contributed by atoms with Gasteiger partial charge in [-0.05, 0) is 48.0 Å². The smallest absolute Gasteiger partial charge is 0.140 e. The molecule has 0 unspecified atom stereocenters. The standard InChI is InChI=1S/C15H21Br2NO/c1-4-6-19-15-12(7-11(5-2)10-18-3)8-13(16)9-14(15)17/h7-9,18H,4-6,10H2,1-3H3. The van der Waals surface area contributed by atoms with Crippen molar-refractivity contribution in [3.8, 4) is 5.75 Å². The van der Waals surface area contributed by atoms with E-state index in [1.807, 2.05) is 13.1 Å². The van der Waals surface area contributed by atoms with Crippen LogP contribution in [0, 0.1) is 0 Å². The van der Waals surface area contributed by atoms with Gasteiger partial charge in [-0.25, -0.2) is 0 Å². The maximum Gasteiger partial charge on any atom is 0.140 e. The molecule has 0 aliphatic heterocycles. The van der Waals surface area contributed by atoms with Crippen LogP contribution in [0.1, 0.15) is 32.3 Å². The summed E-state index contributed by atoms with van der Waals surface area (Å²) in [7, 11) is 1.97. The Labute approximate surface area is 132 Å². The first kappa shape index (κ1) is 16.7. The molecule has 4 heteroatoms. The second-order valence-electron chi connectivity index (χ2n) is 4.34. The fourth-order valence-electron chi connectivity index (χ4n) is 1.77. The highest BCUT2D eigenvalue weighted by Gasteiger charge is 2.09. The van der Waals surface area contributed by atoms with E-state index in [0.29, 0.717) is 0 Å². The van der Waals surface area contributed by atoms with Crippen molar-refractivity contribution in [2.75, 3.05) is 20.2 Å². The molecule has 0 saturated heterocycles. The van der Waals surface area contributed by atoms with Gasteiger partial charge < -0.3 is 10.1 Å². The summed E-state index contributed by atoms with van der Waals surface area (Å²) < 4.78 is 7.90. The Hall–Kier alpha value is -0.320. The number of nitrogens with one attached hydrogen (secondary N) is 1. The highest BCUT2D eigenvalue weighted by atomic mass is 79.9. The molecule has 19 heavy (non-hydrogen) atoms. The van der Waals surface area contributed by atoms with Crippen LogP contribution in [0.4, 0.5) is 0 Å². The summed E-state index contributed by atoms with van der Waals surface area (Å²) in [5.74, 6) is 0.923. The first-order chi connectivity index (χ1) is 9.12. The molecule has 2 nitrogen and oxygen atoms in total. The fraction of sp³-hybridized carbons (Fsp3) is 0.467. The summed E-state index contributed by atoms with van der Waals surface area (Å²) in [6, 6.07) is 4.12. The molecule has 1 aromatic rings. The van der Waals surface area contributed by atoms with Crippen LogP contribution < -0.4 is 10.1 Å². The van der Waals surface area contributed by atoms with Crippen molar-refractivity contribution in [2.24, 2.45) is 0 Å². The molecule has 0 radical (unpaired) electrons. The fourth-order valence-corrected chi connectivity index (χ4v) is 3.14. The first-order valence-electron chi connectivity index (χ1n) is 6.58. The van der Waals surface area contributed by atoms with Gasteiger partial charge in [0.25, 0.3) is 0 Å². The van der Waals surface area contributed by atoms with Gasteiger partial charge in [0, 0.05) is 16.6 Å². The van der Waals surface area contributed by atoms with Crippen molar-refractivity contribution < 1.29 is 4.74 Å². The van der Waals surface area contributed by atoms with E-state index in [4.69, 9.17) is 4.74 Å². The van der Waals surface area contributed by atoms with Crippen molar-refractivity contribution in [1.29, 1.82) is 0 Å². The highest BCUT2D eigenvalue weighted by Crippen LogP contribution is 2.34. The van der Waals surface area contributed by atoms with Crippen LogP contribution in [0.15, 0.2) is 26.7 Å². The zero-order chi connectivity index (χ0) is 14.3. The molecule has 0 aliphatic rings. The molecule has 106 valence electrons. The lowest BCUT2D eigenvalue weighted by atomic mass is 10.1. The van der Waals surface area contributed by atoms with Gasteiger partial charge in [0.1, 0.15) is 5.75 Å². The second kappa shape index (κ2) is 8.77. The molecule has 0 heterocycles. The maximum absolute atomic E-state index is 5.86. The number of halogens is 2. The Morgan fingerprint density at radius 2 is 2.05 bits per heavy atom. The number of hydrogen-bond donors (Lipinski definition) is 1. The highest BCUT2D eigenvalue weighted by molar-refractivity contribution is 9.11. The minimum Gasteiger partial charge on any atom is -0.492 e. The number of ether oxygens (including phenoxy) is 1. The van der Waals surface area contributed by atoms with E-state index in [2.05, 4.69) is 63.2 Å². The van der Waals surface area contributed by atoms with E-state index in [1.165, 1.54) is 5.57 Å². The quantitative estimate of drug-likeness (QED) is 0.706. The molecule has 0 saturated carbocycles. The maximum atomic E-state index is 5.86. The monoisotopic (exact) mass is 389 g/mol.